The van der Waals surface area contributed by atoms with Crippen LogP contribution in [0.3, 0.4) is 0 Å². The molecule has 5 nitrogen and oxygen atoms in total. The highest BCUT2D eigenvalue weighted by Crippen LogP contribution is 2.32. The van der Waals surface area contributed by atoms with E-state index in [1.54, 1.807) is 0 Å². The second-order valence-electron chi connectivity index (χ2n) is 8.14. The van der Waals surface area contributed by atoms with E-state index in [1.165, 1.54) is 31.3 Å². The van der Waals surface area contributed by atoms with Gasteiger partial charge in [0.25, 0.3) is 0 Å². The van der Waals surface area contributed by atoms with E-state index >= 15 is 0 Å². The highest BCUT2D eigenvalue weighted by molar-refractivity contribution is 5.83. The topological polar surface area (TPSA) is 63.2 Å². The molecule has 3 aromatic rings. The van der Waals surface area contributed by atoms with E-state index in [1.807, 2.05) is 0 Å². The third-order valence-corrected chi connectivity index (χ3v) is 5.50. The lowest BCUT2D eigenvalue weighted by Gasteiger charge is -2.26. The zero-order chi connectivity index (χ0) is 28.1. The Labute approximate surface area is 211 Å². The van der Waals surface area contributed by atoms with Gasteiger partial charge in [0.1, 0.15) is 17.6 Å². The van der Waals surface area contributed by atoms with Gasteiger partial charge in [-0.15, -0.1) is 13.2 Å². The number of alkyl halides is 6. The number of benzene rings is 2. The summed E-state index contributed by atoms with van der Waals surface area (Å²) in [5, 5.41) is 5.41. The van der Waals surface area contributed by atoms with E-state index in [-0.39, 0.29) is 18.4 Å². The highest BCUT2D eigenvalue weighted by Gasteiger charge is 2.34. The zero-order valence-electron chi connectivity index (χ0n) is 19.6. The van der Waals surface area contributed by atoms with E-state index in [0.29, 0.717) is 11.1 Å². The summed E-state index contributed by atoms with van der Waals surface area (Å²) in [7, 11) is 1.34. The molecule has 0 unspecified atom stereocenters. The van der Waals surface area contributed by atoms with Crippen LogP contribution in [0.25, 0.3) is 0 Å². The Bertz CT molecular complexity index is 1230. The molecule has 38 heavy (non-hydrogen) atoms. The third kappa shape index (κ3) is 7.88. The summed E-state index contributed by atoms with van der Waals surface area (Å²) < 4.78 is 108. The predicted octanol–water partition coefficient (Wildman–Crippen LogP) is 6.03. The standard InChI is InChI=1S/C25H21F8N3O2/c1-34-23(37)22(15-4-7-17(26)8-5-15)36-19(10-2-14-3-11-21(35-13-14)24(28,29)30)16-6-9-18(27)20(12-16)38-25(31,32)33/h3-9,11-13,19,22,36H,2,10H2,1H3,(H,34,37)/t19-,22+/m1/s1. The highest BCUT2D eigenvalue weighted by atomic mass is 19.4. The molecule has 0 fully saturated rings. The predicted molar refractivity (Wildman–Crippen MR) is 120 cm³/mol. The summed E-state index contributed by atoms with van der Waals surface area (Å²) in [5.74, 6) is -3.51. The van der Waals surface area contributed by atoms with E-state index in [2.05, 4.69) is 20.4 Å². The molecule has 2 N–H and O–H groups in total. The SMILES string of the molecule is CNC(=O)[C@@H](N[C@H](CCc1ccc(C(F)(F)F)nc1)c1ccc(F)c(OC(F)(F)F)c1)c1ccc(F)cc1. The second-order valence-corrected chi connectivity index (χ2v) is 8.14. The Kier molecular flexibility index (Phi) is 8.92. The number of nitrogens with zero attached hydrogens (tertiary/aromatic N) is 1. The fourth-order valence-corrected chi connectivity index (χ4v) is 3.66. The van der Waals surface area contributed by atoms with Crippen LogP contribution in [0.5, 0.6) is 5.75 Å². The Balaban J connectivity index is 1.95. The van der Waals surface area contributed by atoms with E-state index in [9.17, 15) is 39.9 Å². The monoisotopic (exact) mass is 547 g/mol. The number of hydrogen-bond donors (Lipinski definition) is 2. The van der Waals surface area contributed by atoms with Gasteiger partial charge in [-0.3, -0.25) is 15.1 Å². The minimum Gasteiger partial charge on any atom is -0.403 e. The molecule has 1 heterocycles. The fourth-order valence-electron chi connectivity index (χ4n) is 3.66. The minimum absolute atomic E-state index is 0.0405. The van der Waals surface area contributed by atoms with Crippen LogP contribution in [0.4, 0.5) is 35.1 Å². The number of ether oxygens (including phenoxy) is 1. The number of rotatable bonds is 9. The molecule has 0 spiro atoms. The van der Waals surface area contributed by atoms with Gasteiger partial charge >= 0.3 is 12.5 Å². The number of likely N-dealkylation sites (N-methyl/N-ethyl adjacent to an activating group) is 1. The van der Waals surface area contributed by atoms with Crippen LogP contribution in [0.15, 0.2) is 60.8 Å². The molecule has 0 aliphatic rings. The lowest BCUT2D eigenvalue weighted by Crippen LogP contribution is -2.38. The van der Waals surface area contributed by atoms with Gasteiger partial charge < -0.3 is 10.1 Å². The van der Waals surface area contributed by atoms with Crippen LogP contribution in [-0.2, 0) is 17.4 Å². The van der Waals surface area contributed by atoms with Gasteiger partial charge in [-0.05, 0) is 59.9 Å². The van der Waals surface area contributed by atoms with Crippen LogP contribution < -0.4 is 15.4 Å². The van der Waals surface area contributed by atoms with Crippen LogP contribution in [0.2, 0.25) is 0 Å². The molecule has 1 aromatic heterocycles. The summed E-state index contributed by atoms with van der Waals surface area (Å²) in [6.07, 6.45) is -8.67. The molecule has 3 rings (SSSR count). The average molecular weight is 547 g/mol. The quantitative estimate of drug-likeness (QED) is 0.322. The van der Waals surface area contributed by atoms with Crippen molar-refractivity contribution < 1.29 is 44.7 Å². The maximum Gasteiger partial charge on any atom is 0.573 e. The maximum absolute atomic E-state index is 14.1. The van der Waals surface area contributed by atoms with E-state index in [0.717, 1.165) is 36.5 Å². The van der Waals surface area contributed by atoms with E-state index < -0.39 is 53.6 Å². The number of amides is 1. The minimum atomic E-state index is -5.17. The van der Waals surface area contributed by atoms with Crippen molar-refractivity contribution in [2.45, 2.75) is 37.5 Å². The van der Waals surface area contributed by atoms with Gasteiger partial charge in [-0.2, -0.15) is 13.2 Å². The van der Waals surface area contributed by atoms with Crippen molar-refractivity contribution in [2.75, 3.05) is 7.05 Å². The number of aromatic nitrogens is 1. The Hall–Kier alpha value is -3.74. The number of halogens is 8. The Morgan fingerprint density at radius 3 is 2.16 bits per heavy atom. The molecule has 0 aliphatic carbocycles. The molecule has 2 aromatic carbocycles. The number of nitrogens with one attached hydrogen (secondary N) is 2. The van der Waals surface area contributed by atoms with Crippen LogP contribution in [-0.4, -0.2) is 24.3 Å². The largest absolute Gasteiger partial charge is 0.573 e. The molecule has 2 atom stereocenters. The normalized spacial score (nSPS) is 13.6. The van der Waals surface area contributed by atoms with Gasteiger partial charge in [0.2, 0.25) is 5.91 Å². The molecule has 0 aliphatic heterocycles. The van der Waals surface area contributed by atoms with Gasteiger partial charge in [0, 0.05) is 19.3 Å². The maximum atomic E-state index is 14.1. The Morgan fingerprint density at radius 1 is 0.947 bits per heavy atom. The van der Waals surface area contributed by atoms with Gasteiger partial charge in [0.15, 0.2) is 11.6 Å². The zero-order valence-corrected chi connectivity index (χ0v) is 19.6. The first-order chi connectivity index (χ1) is 17.8. The molecule has 204 valence electrons. The number of hydrogen-bond acceptors (Lipinski definition) is 4. The summed E-state index contributed by atoms with van der Waals surface area (Å²) in [4.78, 5) is 16.0. The van der Waals surface area contributed by atoms with Gasteiger partial charge in [-0.1, -0.05) is 24.3 Å². The lowest BCUT2D eigenvalue weighted by molar-refractivity contribution is -0.275. The van der Waals surface area contributed by atoms with Crippen molar-refractivity contribution in [2.24, 2.45) is 0 Å². The summed E-state index contributed by atoms with van der Waals surface area (Å²) in [5.41, 5.74) is -0.307. The average Bonchev–Trinajstić information content (AvgIpc) is 2.85. The van der Waals surface area contributed by atoms with Crippen molar-refractivity contribution in [1.82, 2.24) is 15.6 Å². The molecular weight excluding hydrogens is 526 g/mol. The first kappa shape index (κ1) is 28.8. The molecule has 1 amide bonds. The lowest BCUT2D eigenvalue weighted by atomic mass is 9.96. The number of carbonyl (C=O) groups excluding carboxylic acids is 1. The fraction of sp³-hybridized carbons (Fsp3) is 0.280. The molecule has 0 bridgehead atoms. The van der Waals surface area contributed by atoms with Crippen molar-refractivity contribution in [3.05, 3.63) is 94.8 Å². The number of aryl methyl sites for hydroxylation is 1. The van der Waals surface area contributed by atoms with Gasteiger partial charge in [-0.25, -0.2) is 8.78 Å². The molecule has 0 saturated heterocycles. The van der Waals surface area contributed by atoms with Crippen LogP contribution in [0, 0.1) is 11.6 Å². The Morgan fingerprint density at radius 2 is 1.61 bits per heavy atom. The van der Waals surface area contributed by atoms with Crippen molar-refractivity contribution in [3.63, 3.8) is 0 Å². The van der Waals surface area contributed by atoms with Crippen molar-refractivity contribution >= 4 is 5.91 Å². The summed E-state index contributed by atoms with van der Waals surface area (Å²) >= 11 is 0. The molecule has 13 heteroatoms. The molecule has 0 saturated carbocycles. The van der Waals surface area contributed by atoms with E-state index in [4.69, 9.17) is 0 Å². The first-order valence-corrected chi connectivity index (χ1v) is 11.1. The molecular formula is C25H21F8N3O2. The van der Waals surface area contributed by atoms with Crippen LogP contribution >= 0.6 is 0 Å². The summed E-state index contributed by atoms with van der Waals surface area (Å²) in [6.45, 7) is 0. The van der Waals surface area contributed by atoms with Crippen molar-refractivity contribution in [3.8, 4) is 5.75 Å². The molecule has 0 radical (unpaired) electrons. The second kappa shape index (κ2) is 11.8. The third-order valence-electron chi connectivity index (χ3n) is 5.50. The van der Waals surface area contributed by atoms with Crippen LogP contribution in [0.1, 0.15) is 40.9 Å². The van der Waals surface area contributed by atoms with Crippen molar-refractivity contribution in [1.29, 1.82) is 0 Å². The first-order valence-electron chi connectivity index (χ1n) is 11.1. The smallest absolute Gasteiger partial charge is 0.403 e. The summed E-state index contributed by atoms with van der Waals surface area (Å²) in [6, 6.07) is 7.61. The number of carbonyl (C=O) groups is 1. The number of pyridine rings is 1. The van der Waals surface area contributed by atoms with Gasteiger partial charge in [0.05, 0.1) is 0 Å².